The largest absolute Gasteiger partial charge is 0.461 e. The zero-order valence-electron chi connectivity index (χ0n) is 14.4. The zero-order chi connectivity index (χ0) is 19.2. The van der Waals surface area contributed by atoms with Crippen LogP contribution in [-0.4, -0.2) is 25.0 Å². The first-order valence-corrected chi connectivity index (χ1v) is 9.05. The highest BCUT2D eigenvalue weighted by molar-refractivity contribution is 7.99. The highest BCUT2D eigenvalue weighted by atomic mass is 32.2. The monoisotopic (exact) mass is 376 g/mol. The molecule has 5 nitrogen and oxygen atoms in total. The minimum absolute atomic E-state index is 0.00760. The van der Waals surface area contributed by atoms with Crippen LogP contribution in [0.15, 0.2) is 76.5 Å². The lowest BCUT2D eigenvalue weighted by molar-refractivity contribution is -0.138. The van der Waals surface area contributed by atoms with E-state index in [2.05, 4.69) is 11.9 Å². The molecule has 3 rings (SSSR count). The van der Waals surface area contributed by atoms with Gasteiger partial charge in [0, 0.05) is 21.4 Å². The van der Waals surface area contributed by atoms with Crippen molar-refractivity contribution in [3.05, 3.63) is 77.9 Å². The molecule has 2 aromatic carbocycles. The van der Waals surface area contributed by atoms with E-state index in [9.17, 15) is 14.9 Å². The van der Waals surface area contributed by atoms with Crippen LogP contribution in [0.3, 0.4) is 0 Å². The van der Waals surface area contributed by atoms with E-state index in [-0.39, 0.29) is 18.7 Å². The molecule has 1 aliphatic rings. The number of hydrogen-bond acceptors (Lipinski definition) is 5. The molecule has 1 aliphatic heterocycles. The number of nitrogens with one attached hydrogen (secondary N) is 1. The molecule has 0 unspecified atom stereocenters. The van der Waals surface area contributed by atoms with Crippen LogP contribution in [-0.2, 0) is 14.3 Å². The lowest BCUT2D eigenvalue weighted by atomic mass is 9.92. The smallest absolute Gasteiger partial charge is 0.330 e. The van der Waals surface area contributed by atoms with Crippen molar-refractivity contribution in [2.45, 2.75) is 9.79 Å². The molecule has 0 saturated heterocycles. The number of ether oxygens (including phenoxy) is 1. The molecule has 0 fully saturated rings. The third-order valence-electron chi connectivity index (χ3n) is 3.92. The lowest BCUT2D eigenvalue weighted by Crippen LogP contribution is -2.29. The van der Waals surface area contributed by atoms with Crippen LogP contribution in [0, 0.1) is 11.3 Å². The molecule has 1 amide bonds. The standard InChI is InChI=1S/C21H16N2O3S/c1-2-19(24)26-12-11-23-21(25)16(13-22)20-14-7-3-5-9-17(14)27-18-10-6-4-8-15(18)20/h2-10H,1,11-12H2,(H,23,25). The van der Waals surface area contributed by atoms with E-state index < -0.39 is 11.9 Å². The van der Waals surface area contributed by atoms with Crippen LogP contribution < -0.4 is 5.32 Å². The first-order valence-electron chi connectivity index (χ1n) is 8.24. The van der Waals surface area contributed by atoms with Crippen LogP contribution >= 0.6 is 11.8 Å². The Morgan fingerprint density at radius 3 is 2.26 bits per heavy atom. The normalized spacial score (nSPS) is 11.4. The van der Waals surface area contributed by atoms with Crippen LogP contribution in [0.2, 0.25) is 0 Å². The molecule has 134 valence electrons. The van der Waals surface area contributed by atoms with Gasteiger partial charge in [-0.15, -0.1) is 0 Å². The highest BCUT2D eigenvalue weighted by Crippen LogP contribution is 2.46. The third-order valence-corrected chi connectivity index (χ3v) is 5.07. The summed E-state index contributed by atoms with van der Waals surface area (Å²) in [7, 11) is 0. The quantitative estimate of drug-likeness (QED) is 0.320. The molecule has 6 heteroatoms. The van der Waals surface area contributed by atoms with E-state index >= 15 is 0 Å². The van der Waals surface area contributed by atoms with Gasteiger partial charge < -0.3 is 10.1 Å². The van der Waals surface area contributed by atoms with Crippen molar-refractivity contribution < 1.29 is 14.3 Å². The van der Waals surface area contributed by atoms with Gasteiger partial charge in [0.05, 0.1) is 6.54 Å². The molecular weight excluding hydrogens is 360 g/mol. The average molecular weight is 376 g/mol. The molecule has 0 radical (unpaired) electrons. The van der Waals surface area contributed by atoms with Gasteiger partial charge in [-0.3, -0.25) is 4.79 Å². The minimum Gasteiger partial charge on any atom is -0.461 e. The summed E-state index contributed by atoms with van der Waals surface area (Å²) in [6.45, 7) is 3.42. The van der Waals surface area contributed by atoms with Crippen molar-refractivity contribution in [1.82, 2.24) is 5.32 Å². The molecule has 0 aromatic heterocycles. The fraction of sp³-hybridized carbons (Fsp3) is 0.0952. The van der Waals surface area contributed by atoms with Gasteiger partial charge in [0.2, 0.25) is 0 Å². The van der Waals surface area contributed by atoms with Crippen molar-refractivity contribution in [2.24, 2.45) is 0 Å². The Hall–Kier alpha value is -3.30. The Morgan fingerprint density at radius 1 is 1.11 bits per heavy atom. The number of nitriles is 1. The predicted molar refractivity (Wildman–Crippen MR) is 103 cm³/mol. The minimum atomic E-state index is -0.560. The van der Waals surface area contributed by atoms with Crippen molar-refractivity contribution in [1.29, 1.82) is 5.26 Å². The fourth-order valence-corrected chi connectivity index (χ4v) is 3.83. The summed E-state index contributed by atoms with van der Waals surface area (Å²) in [5.74, 6) is -1.06. The van der Waals surface area contributed by atoms with Gasteiger partial charge in [-0.2, -0.15) is 5.26 Å². The number of fused-ring (bicyclic) bond motifs is 2. The van der Waals surface area contributed by atoms with Crippen molar-refractivity contribution >= 4 is 29.2 Å². The van der Waals surface area contributed by atoms with E-state index in [4.69, 9.17) is 4.74 Å². The van der Waals surface area contributed by atoms with Gasteiger partial charge in [-0.1, -0.05) is 54.7 Å². The molecule has 0 aliphatic carbocycles. The molecule has 0 spiro atoms. The fourth-order valence-electron chi connectivity index (χ4n) is 2.74. The topological polar surface area (TPSA) is 79.2 Å². The maximum Gasteiger partial charge on any atom is 0.330 e. The van der Waals surface area contributed by atoms with Crippen LogP contribution in [0.25, 0.3) is 5.57 Å². The van der Waals surface area contributed by atoms with Crippen LogP contribution in [0.1, 0.15) is 11.1 Å². The summed E-state index contributed by atoms with van der Waals surface area (Å²) in [5, 5.41) is 12.3. The second-order valence-electron chi connectivity index (χ2n) is 5.58. The highest BCUT2D eigenvalue weighted by Gasteiger charge is 2.26. The van der Waals surface area contributed by atoms with E-state index in [0.29, 0.717) is 5.57 Å². The van der Waals surface area contributed by atoms with E-state index in [1.54, 1.807) is 11.8 Å². The number of carbonyl (C=O) groups is 2. The summed E-state index contributed by atoms with van der Waals surface area (Å²) in [5.41, 5.74) is 2.35. The Morgan fingerprint density at radius 2 is 1.70 bits per heavy atom. The zero-order valence-corrected chi connectivity index (χ0v) is 15.2. The average Bonchev–Trinajstić information content (AvgIpc) is 2.71. The number of esters is 1. The SMILES string of the molecule is C=CC(=O)OCCNC(=O)C(C#N)=C1c2ccccc2Sc2ccccc21. The Kier molecular flexibility index (Phi) is 5.74. The third kappa shape index (κ3) is 3.94. The Bertz CT molecular complexity index is 941. The molecule has 0 atom stereocenters. The van der Waals surface area contributed by atoms with Gasteiger partial charge >= 0.3 is 5.97 Å². The Labute approximate surface area is 161 Å². The predicted octanol–water partition coefficient (Wildman–Crippen LogP) is 3.32. The first kappa shape index (κ1) is 18.5. The van der Waals surface area contributed by atoms with E-state index in [0.717, 1.165) is 27.0 Å². The number of hydrogen-bond donors (Lipinski definition) is 1. The summed E-state index contributed by atoms with van der Waals surface area (Å²) in [4.78, 5) is 25.7. The van der Waals surface area contributed by atoms with Crippen molar-refractivity contribution in [3.63, 3.8) is 0 Å². The molecular formula is C21H16N2O3S. The molecule has 0 saturated carbocycles. The van der Waals surface area contributed by atoms with Crippen molar-refractivity contribution in [2.75, 3.05) is 13.2 Å². The van der Waals surface area contributed by atoms with E-state index in [1.165, 1.54) is 0 Å². The van der Waals surface area contributed by atoms with Crippen LogP contribution in [0.4, 0.5) is 0 Å². The van der Waals surface area contributed by atoms with E-state index in [1.807, 2.05) is 54.6 Å². The van der Waals surface area contributed by atoms with Gasteiger partial charge in [0.1, 0.15) is 18.2 Å². The number of nitrogens with zero attached hydrogens (tertiary/aromatic N) is 1. The van der Waals surface area contributed by atoms with Gasteiger partial charge in [0.25, 0.3) is 5.91 Å². The number of rotatable bonds is 5. The Balaban J connectivity index is 1.94. The number of carbonyl (C=O) groups excluding carboxylic acids is 2. The number of amides is 1. The molecule has 1 heterocycles. The summed E-state index contributed by atoms with van der Waals surface area (Å²) < 4.78 is 4.84. The van der Waals surface area contributed by atoms with Gasteiger partial charge in [0.15, 0.2) is 0 Å². The number of benzene rings is 2. The van der Waals surface area contributed by atoms with Crippen molar-refractivity contribution in [3.8, 4) is 6.07 Å². The molecule has 27 heavy (non-hydrogen) atoms. The van der Waals surface area contributed by atoms with Crippen LogP contribution in [0.5, 0.6) is 0 Å². The van der Waals surface area contributed by atoms with Gasteiger partial charge in [-0.25, -0.2) is 4.79 Å². The maximum absolute atomic E-state index is 12.6. The molecule has 2 aromatic rings. The molecule has 0 bridgehead atoms. The summed E-state index contributed by atoms with van der Waals surface area (Å²) in [6, 6.07) is 17.4. The summed E-state index contributed by atoms with van der Waals surface area (Å²) in [6.07, 6.45) is 1.05. The van der Waals surface area contributed by atoms with Gasteiger partial charge in [-0.05, 0) is 23.3 Å². The second-order valence-corrected chi connectivity index (χ2v) is 6.67. The lowest BCUT2D eigenvalue weighted by Gasteiger charge is -2.22. The first-order chi connectivity index (χ1) is 13.2. The maximum atomic E-state index is 12.6. The molecule has 1 N–H and O–H groups in total. The summed E-state index contributed by atoms with van der Waals surface area (Å²) >= 11 is 1.61. The second kappa shape index (κ2) is 8.39.